The lowest BCUT2D eigenvalue weighted by Gasteiger charge is -2.16. The van der Waals surface area contributed by atoms with Gasteiger partial charge >= 0.3 is 5.97 Å². The van der Waals surface area contributed by atoms with E-state index in [0.717, 1.165) is 0 Å². The van der Waals surface area contributed by atoms with Crippen molar-refractivity contribution >= 4 is 28.5 Å². The molecule has 4 rings (SSSR count). The predicted molar refractivity (Wildman–Crippen MR) is 124 cm³/mol. The van der Waals surface area contributed by atoms with Gasteiger partial charge < -0.3 is 24.5 Å². The lowest BCUT2D eigenvalue weighted by atomic mass is 10.00. The zero-order chi connectivity index (χ0) is 23.9. The second-order valence-corrected chi connectivity index (χ2v) is 7.81. The zero-order valence-electron chi connectivity index (χ0n) is 17.7. The van der Waals surface area contributed by atoms with Crippen molar-refractivity contribution in [3.63, 3.8) is 0 Å². The fraction of sp³-hybridized carbons (Fsp3) is 0.120. The highest BCUT2D eigenvalue weighted by Crippen LogP contribution is 2.40. The molecule has 0 aliphatic heterocycles. The van der Waals surface area contributed by atoms with Gasteiger partial charge in [-0.2, -0.15) is 0 Å². The summed E-state index contributed by atoms with van der Waals surface area (Å²) in [6, 6.07) is 12.0. The molecule has 0 radical (unpaired) electrons. The molecule has 4 aromatic rings. The Hall–Kier alpha value is -3.97. The van der Waals surface area contributed by atoms with Crippen molar-refractivity contribution in [2.45, 2.75) is 20.3 Å². The Morgan fingerprint density at radius 3 is 2.42 bits per heavy atom. The highest BCUT2D eigenvalue weighted by Gasteiger charge is 2.21. The van der Waals surface area contributed by atoms with Crippen LogP contribution in [-0.2, 0) is 6.42 Å². The van der Waals surface area contributed by atoms with Crippen LogP contribution in [0, 0.1) is 6.92 Å². The summed E-state index contributed by atoms with van der Waals surface area (Å²) in [5.41, 5.74) is 1.15. The summed E-state index contributed by atoms with van der Waals surface area (Å²) in [4.78, 5) is 24.1. The first-order valence-corrected chi connectivity index (χ1v) is 10.4. The van der Waals surface area contributed by atoms with Crippen LogP contribution in [0.5, 0.6) is 23.0 Å². The Morgan fingerprint density at radius 1 is 1.09 bits per heavy atom. The molecule has 1 heterocycles. The Kier molecular flexibility index (Phi) is 5.74. The molecule has 33 heavy (non-hydrogen) atoms. The van der Waals surface area contributed by atoms with Gasteiger partial charge in [-0.3, -0.25) is 4.79 Å². The minimum absolute atomic E-state index is 0.0531. The number of aromatic carboxylic acids is 1. The molecule has 8 heteroatoms. The van der Waals surface area contributed by atoms with Crippen LogP contribution < -0.4 is 10.2 Å². The number of rotatable bonds is 5. The van der Waals surface area contributed by atoms with Crippen LogP contribution in [0.25, 0.3) is 22.3 Å². The van der Waals surface area contributed by atoms with Crippen molar-refractivity contribution in [1.29, 1.82) is 0 Å². The number of carboxylic acids is 1. The number of halogens is 1. The third-order valence-corrected chi connectivity index (χ3v) is 5.67. The lowest BCUT2D eigenvalue weighted by Crippen LogP contribution is -2.05. The molecule has 0 aliphatic carbocycles. The summed E-state index contributed by atoms with van der Waals surface area (Å²) in [6.07, 6.45) is 0.346. The maximum Gasteiger partial charge on any atom is 0.336 e. The molecule has 0 saturated carbocycles. The average molecular weight is 467 g/mol. The van der Waals surface area contributed by atoms with E-state index < -0.39 is 5.97 Å². The van der Waals surface area contributed by atoms with Gasteiger partial charge in [-0.15, -0.1) is 0 Å². The molecular weight excluding hydrogens is 448 g/mol. The van der Waals surface area contributed by atoms with Crippen molar-refractivity contribution in [2.75, 3.05) is 0 Å². The number of aryl methyl sites for hydroxylation is 1. The number of phenolic OH excluding ortho intramolecular Hbond substituents is 2. The Morgan fingerprint density at radius 2 is 1.79 bits per heavy atom. The highest BCUT2D eigenvalue weighted by atomic mass is 35.5. The standard InChI is InChI=1S/C25H19ClO7/c1-3-15-17(25(30)31)10-12(2)22(29)24(15)32-14-6-4-13(5-7-14)20-11-19(28)16-8-9-18(27)21(26)23(16)33-20/h4-11,27,29H,3H2,1-2H3,(H,30,31). The molecule has 0 unspecified atom stereocenters. The van der Waals surface area contributed by atoms with Gasteiger partial charge in [0.1, 0.15) is 22.3 Å². The Balaban J connectivity index is 1.73. The van der Waals surface area contributed by atoms with E-state index in [1.54, 1.807) is 38.1 Å². The number of carbonyl (C=O) groups is 1. The summed E-state index contributed by atoms with van der Waals surface area (Å²) in [5.74, 6) is -0.750. The number of hydrogen-bond donors (Lipinski definition) is 3. The summed E-state index contributed by atoms with van der Waals surface area (Å²) in [7, 11) is 0. The fourth-order valence-corrected chi connectivity index (χ4v) is 3.79. The maximum absolute atomic E-state index is 12.5. The first-order valence-electron chi connectivity index (χ1n) is 10.0. The van der Waals surface area contributed by atoms with E-state index in [1.807, 2.05) is 0 Å². The third-order valence-electron chi connectivity index (χ3n) is 5.31. The van der Waals surface area contributed by atoms with Gasteiger partial charge in [-0.25, -0.2) is 4.79 Å². The van der Waals surface area contributed by atoms with E-state index in [2.05, 4.69) is 0 Å². The minimum Gasteiger partial charge on any atom is -0.506 e. The lowest BCUT2D eigenvalue weighted by molar-refractivity contribution is 0.0695. The van der Waals surface area contributed by atoms with E-state index in [4.69, 9.17) is 20.8 Å². The van der Waals surface area contributed by atoms with E-state index in [-0.39, 0.29) is 50.0 Å². The van der Waals surface area contributed by atoms with Crippen molar-refractivity contribution in [2.24, 2.45) is 0 Å². The van der Waals surface area contributed by atoms with E-state index in [1.165, 1.54) is 24.3 Å². The van der Waals surface area contributed by atoms with Gasteiger partial charge in [-0.1, -0.05) is 18.5 Å². The second kappa shape index (κ2) is 8.52. The highest BCUT2D eigenvalue weighted by molar-refractivity contribution is 6.36. The number of ether oxygens (including phenoxy) is 1. The SMILES string of the molecule is CCc1c(C(=O)O)cc(C)c(O)c1Oc1ccc(-c2cc(=O)c3ccc(O)c(Cl)c3o2)cc1. The number of phenols is 2. The average Bonchev–Trinajstić information content (AvgIpc) is 2.79. The van der Waals surface area contributed by atoms with E-state index >= 15 is 0 Å². The molecule has 0 spiro atoms. The van der Waals surface area contributed by atoms with Crippen molar-refractivity contribution in [3.05, 3.63) is 80.5 Å². The molecule has 3 N–H and O–H groups in total. The van der Waals surface area contributed by atoms with Crippen molar-refractivity contribution < 1.29 is 29.3 Å². The van der Waals surface area contributed by atoms with E-state index in [0.29, 0.717) is 28.9 Å². The molecule has 3 aromatic carbocycles. The Bertz CT molecular complexity index is 1450. The molecule has 0 fully saturated rings. The summed E-state index contributed by atoms with van der Waals surface area (Å²) < 4.78 is 11.6. The number of benzene rings is 3. The normalized spacial score (nSPS) is 11.0. The largest absolute Gasteiger partial charge is 0.506 e. The topological polar surface area (TPSA) is 117 Å². The first kappa shape index (κ1) is 22.2. The van der Waals surface area contributed by atoms with E-state index in [9.17, 15) is 24.9 Å². The van der Waals surface area contributed by atoms with Crippen LogP contribution >= 0.6 is 11.6 Å². The second-order valence-electron chi connectivity index (χ2n) is 7.43. The molecule has 0 bridgehead atoms. The number of aromatic hydroxyl groups is 2. The molecule has 0 amide bonds. The molecule has 168 valence electrons. The summed E-state index contributed by atoms with van der Waals surface area (Å²) in [6.45, 7) is 3.37. The van der Waals surface area contributed by atoms with Crippen LogP contribution in [0.2, 0.25) is 5.02 Å². The quantitative estimate of drug-likeness (QED) is 0.336. The Labute approximate surface area is 193 Å². The zero-order valence-corrected chi connectivity index (χ0v) is 18.4. The van der Waals surface area contributed by atoms with Gasteiger partial charge in [0.15, 0.2) is 22.5 Å². The number of fused-ring (bicyclic) bond motifs is 1. The smallest absolute Gasteiger partial charge is 0.336 e. The number of hydrogen-bond acceptors (Lipinski definition) is 6. The molecule has 0 aliphatic rings. The van der Waals surface area contributed by atoms with Gasteiger partial charge in [0.05, 0.1) is 10.9 Å². The maximum atomic E-state index is 12.5. The van der Waals surface area contributed by atoms with Crippen molar-refractivity contribution in [1.82, 2.24) is 0 Å². The van der Waals surface area contributed by atoms with Gasteiger partial charge in [0, 0.05) is 17.2 Å². The molecule has 1 aromatic heterocycles. The van der Waals surface area contributed by atoms with Gasteiger partial charge in [-0.05, 0) is 61.4 Å². The van der Waals surface area contributed by atoms with Crippen LogP contribution in [0.1, 0.15) is 28.4 Å². The molecule has 7 nitrogen and oxygen atoms in total. The van der Waals surface area contributed by atoms with Crippen LogP contribution in [-0.4, -0.2) is 21.3 Å². The number of carboxylic acid groups (broad SMARTS) is 1. The van der Waals surface area contributed by atoms with Gasteiger partial charge in [0.25, 0.3) is 0 Å². The molecule has 0 atom stereocenters. The monoisotopic (exact) mass is 466 g/mol. The molecule has 0 saturated heterocycles. The summed E-state index contributed by atoms with van der Waals surface area (Å²) >= 11 is 6.10. The first-order chi connectivity index (χ1) is 15.7. The fourth-order valence-electron chi connectivity index (χ4n) is 3.59. The third kappa shape index (κ3) is 3.99. The molecular formula is C25H19ClO7. The summed E-state index contributed by atoms with van der Waals surface area (Å²) in [5, 5.41) is 30.0. The minimum atomic E-state index is -1.11. The van der Waals surface area contributed by atoms with Crippen LogP contribution in [0.15, 0.2) is 57.7 Å². The predicted octanol–water partition coefficient (Wildman–Crippen LogP) is 5.89. The van der Waals surface area contributed by atoms with Crippen molar-refractivity contribution in [3.8, 4) is 34.3 Å². The van der Waals surface area contributed by atoms with Crippen LogP contribution in [0.3, 0.4) is 0 Å². The van der Waals surface area contributed by atoms with Crippen LogP contribution in [0.4, 0.5) is 0 Å². The van der Waals surface area contributed by atoms with Gasteiger partial charge in [0.2, 0.25) is 0 Å².